The Morgan fingerprint density at radius 1 is 1.04 bits per heavy atom. The van der Waals surface area contributed by atoms with Gasteiger partial charge in [-0.2, -0.15) is 0 Å². The highest BCUT2D eigenvalue weighted by molar-refractivity contribution is 6.70. The lowest BCUT2D eigenvalue weighted by Gasteiger charge is -2.54. The van der Waals surface area contributed by atoms with E-state index in [0.717, 1.165) is 5.76 Å². The molecule has 0 unspecified atom stereocenters. The van der Waals surface area contributed by atoms with Crippen LogP contribution in [0.15, 0.2) is 23.5 Å². The Balaban J connectivity index is 2.63. The monoisotopic (exact) mass is 380 g/mol. The molecule has 0 amide bonds. The van der Waals surface area contributed by atoms with Crippen LogP contribution in [-0.4, -0.2) is 33.8 Å². The van der Waals surface area contributed by atoms with Crippen molar-refractivity contribution in [3.05, 3.63) is 23.5 Å². The molecule has 0 aromatic carbocycles. The van der Waals surface area contributed by atoms with Crippen LogP contribution < -0.4 is 0 Å². The Labute approximate surface area is 153 Å². The second-order valence-electron chi connectivity index (χ2n) is 9.66. The average Bonchev–Trinajstić information content (AvgIpc) is 2.35. The van der Waals surface area contributed by atoms with Crippen molar-refractivity contribution in [3.63, 3.8) is 0 Å². The Morgan fingerprint density at radius 3 is 2.08 bits per heavy atom. The first kappa shape index (κ1) is 20.3. The minimum absolute atomic E-state index is 0.0151. The molecular formula is C19H32O4Si2. The molecule has 0 aromatic heterocycles. The van der Waals surface area contributed by atoms with Gasteiger partial charge in [-0.1, -0.05) is 0 Å². The standard InChI is InChI=1S/C19H32O4Si2/c1-13-10-16(20)19(3)15(17(13)21)11-14(22-24(4,5)6)12-18(19,2)23-25(7,8)9/h10,12,15H,11H2,1-9H3/t15-,18+,19-/m0/s1. The predicted octanol–water partition coefficient (Wildman–Crippen LogP) is 4.46. The van der Waals surface area contributed by atoms with E-state index in [-0.39, 0.29) is 11.6 Å². The maximum Gasteiger partial charge on any atom is 0.241 e. The van der Waals surface area contributed by atoms with Gasteiger partial charge in [-0.3, -0.25) is 9.59 Å². The molecule has 140 valence electrons. The minimum atomic E-state index is -1.97. The molecule has 6 heteroatoms. The first-order valence-corrected chi connectivity index (χ1v) is 15.8. The van der Waals surface area contributed by atoms with Crippen LogP contribution in [0, 0.1) is 11.3 Å². The lowest BCUT2D eigenvalue weighted by atomic mass is 9.55. The Bertz CT molecular complexity index is 666. The van der Waals surface area contributed by atoms with Crippen molar-refractivity contribution in [3.8, 4) is 0 Å². The molecule has 0 radical (unpaired) electrons. The molecular weight excluding hydrogens is 348 g/mol. The molecule has 0 N–H and O–H groups in total. The minimum Gasteiger partial charge on any atom is -0.547 e. The molecule has 2 aliphatic rings. The largest absolute Gasteiger partial charge is 0.547 e. The second kappa shape index (κ2) is 6.03. The fraction of sp³-hybridized carbons (Fsp3) is 0.684. The summed E-state index contributed by atoms with van der Waals surface area (Å²) in [6, 6.07) is 0. The van der Waals surface area contributed by atoms with Crippen LogP contribution in [-0.2, 0) is 18.4 Å². The Kier molecular flexibility index (Phi) is 4.90. The topological polar surface area (TPSA) is 52.6 Å². The van der Waals surface area contributed by atoms with E-state index in [1.54, 1.807) is 6.92 Å². The third-order valence-electron chi connectivity index (χ3n) is 5.09. The number of ketones is 2. The zero-order chi connectivity index (χ0) is 19.4. The van der Waals surface area contributed by atoms with Gasteiger partial charge in [0.1, 0.15) is 0 Å². The maximum atomic E-state index is 13.0. The van der Waals surface area contributed by atoms with E-state index in [0.29, 0.717) is 12.0 Å². The summed E-state index contributed by atoms with van der Waals surface area (Å²) >= 11 is 0. The van der Waals surface area contributed by atoms with Gasteiger partial charge in [0.15, 0.2) is 19.9 Å². The van der Waals surface area contributed by atoms with Gasteiger partial charge in [-0.25, -0.2) is 0 Å². The van der Waals surface area contributed by atoms with Crippen LogP contribution in [0.1, 0.15) is 27.2 Å². The molecule has 0 aliphatic heterocycles. The molecule has 4 nitrogen and oxygen atoms in total. The van der Waals surface area contributed by atoms with Crippen LogP contribution in [0.5, 0.6) is 0 Å². The lowest BCUT2D eigenvalue weighted by Crippen LogP contribution is -2.62. The highest BCUT2D eigenvalue weighted by Crippen LogP contribution is 2.53. The van der Waals surface area contributed by atoms with Gasteiger partial charge in [-0.15, -0.1) is 0 Å². The Hall–Kier alpha value is -0.986. The van der Waals surface area contributed by atoms with E-state index in [1.807, 2.05) is 19.9 Å². The van der Waals surface area contributed by atoms with Crippen molar-refractivity contribution in [2.75, 3.05) is 0 Å². The summed E-state index contributed by atoms with van der Waals surface area (Å²) in [4.78, 5) is 26.0. The van der Waals surface area contributed by atoms with E-state index >= 15 is 0 Å². The van der Waals surface area contributed by atoms with Crippen molar-refractivity contribution < 1.29 is 18.4 Å². The third-order valence-corrected chi connectivity index (χ3v) is 7.00. The molecule has 0 saturated carbocycles. The summed E-state index contributed by atoms with van der Waals surface area (Å²) in [6.45, 7) is 18.3. The zero-order valence-corrected chi connectivity index (χ0v) is 19.1. The van der Waals surface area contributed by atoms with Gasteiger partial charge < -0.3 is 8.85 Å². The van der Waals surface area contributed by atoms with Gasteiger partial charge in [0.2, 0.25) is 8.32 Å². The van der Waals surface area contributed by atoms with Gasteiger partial charge in [-0.05, 0) is 77.8 Å². The molecule has 0 spiro atoms. The molecule has 25 heavy (non-hydrogen) atoms. The van der Waals surface area contributed by atoms with Crippen molar-refractivity contribution >= 4 is 28.2 Å². The quantitative estimate of drug-likeness (QED) is 0.676. The molecule has 0 bridgehead atoms. The van der Waals surface area contributed by atoms with Crippen molar-refractivity contribution in [2.45, 2.75) is 72.1 Å². The summed E-state index contributed by atoms with van der Waals surface area (Å²) < 4.78 is 12.8. The first-order valence-electron chi connectivity index (χ1n) is 8.97. The van der Waals surface area contributed by atoms with E-state index < -0.39 is 33.6 Å². The highest BCUT2D eigenvalue weighted by atomic mass is 28.4. The SMILES string of the molecule is CC1=CC(=O)[C@]2(C)[C@@H](CC(O[Si](C)(C)C)=C[C@@]2(C)O[Si](C)(C)C)C1=O. The fourth-order valence-corrected chi connectivity index (χ4v) is 6.44. The fourth-order valence-electron chi connectivity index (χ4n) is 3.97. The smallest absolute Gasteiger partial charge is 0.241 e. The van der Waals surface area contributed by atoms with E-state index in [9.17, 15) is 9.59 Å². The highest BCUT2D eigenvalue weighted by Gasteiger charge is 2.61. The van der Waals surface area contributed by atoms with E-state index in [2.05, 4.69) is 39.3 Å². The van der Waals surface area contributed by atoms with Gasteiger partial charge in [0.05, 0.1) is 16.8 Å². The van der Waals surface area contributed by atoms with Crippen LogP contribution in [0.25, 0.3) is 0 Å². The summed E-state index contributed by atoms with van der Waals surface area (Å²) in [6.07, 6.45) is 3.96. The summed E-state index contributed by atoms with van der Waals surface area (Å²) in [5.41, 5.74) is -1.20. The molecule has 0 fully saturated rings. The van der Waals surface area contributed by atoms with Crippen molar-refractivity contribution in [1.29, 1.82) is 0 Å². The van der Waals surface area contributed by atoms with Gasteiger partial charge in [0.25, 0.3) is 0 Å². The maximum absolute atomic E-state index is 13.0. The summed E-state index contributed by atoms with van der Waals surface area (Å²) in [5.74, 6) is 0.400. The molecule has 2 aliphatic carbocycles. The predicted molar refractivity (Wildman–Crippen MR) is 105 cm³/mol. The number of rotatable bonds is 4. The van der Waals surface area contributed by atoms with Crippen LogP contribution in [0.3, 0.4) is 0 Å². The van der Waals surface area contributed by atoms with Crippen LogP contribution in [0.4, 0.5) is 0 Å². The van der Waals surface area contributed by atoms with Crippen LogP contribution in [0.2, 0.25) is 39.3 Å². The Morgan fingerprint density at radius 2 is 1.60 bits per heavy atom. The first-order chi connectivity index (χ1) is 11.1. The van der Waals surface area contributed by atoms with E-state index in [4.69, 9.17) is 8.85 Å². The summed E-state index contributed by atoms with van der Waals surface area (Å²) in [7, 11) is -3.80. The molecule has 2 rings (SSSR count). The third kappa shape index (κ3) is 3.76. The zero-order valence-electron chi connectivity index (χ0n) is 17.1. The van der Waals surface area contributed by atoms with Gasteiger partial charge >= 0.3 is 0 Å². The lowest BCUT2D eigenvalue weighted by molar-refractivity contribution is -0.150. The molecule has 0 heterocycles. The second-order valence-corrected chi connectivity index (χ2v) is 18.5. The number of hydrogen-bond donors (Lipinski definition) is 0. The number of Topliss-reactive ketones (excluding diaryl/α,β-unsaturated/α-hetero) is 1. The summed E-state index contributed by atoms with van der Waals surface area (Å²) in [5, 5.41) is 0. The number of hydrogen-bond acceptors (Lipinski definition) is 4. The molecule has 3 atom stereocenters. The number of fused-ring (bicyclic) bond motifs is 1. The average molecular weight is 381 g/mol. The normalized spacial score (nSPS) is 33.6. The van der Waals surface area contributed by atoms with Gasteiger partial charge in [0, 0.05) is 12.3 Å². The molecule has 0 saturated heterocycles. The number of carbonyl (C=O) groups excluding carboxylic acids is 2. The number of allylic oxidation sites excluding steroid dienone is 3. The molecule has 0 aromatic rings. The van der Waals surface area contributed by atoms with Crippen LogP contribution >= 0.6 is 0 Å². The number of carbonyl (C=O) groups is 2. The van der Waals surface area contributed by atoms with Crippen molar-refractivity contribution in [2.24, 2.45) is 11.3 Å². The van der Waals surface area contributed by atoms with E-state index in [1.165, 1.54) is 6.08 Å². The van der Waals surface area contributed by atoms with Crippen molar-refractivity contribution in [1.82, 2.24) is 0 Å².